The Labute approximate surface area is 153 Å². The number of thiazole rings is 1. The number of nitrogens with one attached hydrogen (secondary N) is 1. The van der Waals surface area contributed by atoms with Crippen LogP contribution in [0.4, 0.5) is 4.79 Å². The van der Waals surface area contributed by atoms with Crippen molar-refractivity contribution in [3.63, 3.8) is 0 Å². The number of likely N-dealkylation sites (tertiary alicyclic amines) is 1. The van der Waals surface area contributed by atoms with Crippen molar-refractivity contribution in [1.82, 2.24) is 20.1 Å². The van der Waals surface area contributed by atoms with Crippen molar-refractivity contribution in [2.45, 2.75) is 46.6 Å². The van der Waals surface area contributed by atoms with Gasteiger partial charge in [0.15, 0.2) is 0 Å². The van der Waals surface area contributed by atoms with Crippen molar-refractivity contribution >= 4 is 23.3 Å². The zero-order chi connectivity index (χ0) is 18.1. The highest BCUT2D eigenvalue weighted by Gasteiger charge is 2.45. The van der Waals surface area contributed by atoms with Crippen molar-refractivity contribution in [3.8, 4) is 0 Å². The van der Waals surface area contributed by atoms with Crippen LogP contribution in [0.5, 0.6) is 0 Å². The lowest BCUT2D eigenvalue weighted by Crippen LogP contribution is -2.44. The fraction of sp³-hybridized carbons (Fsp3) is 0.722. The first-order valence-electron chi connectivity index (χ1n) is 9.23. The van der Waals surface area contributed by atoms with Crippen molar-refractivity contribution in [2.24, 2.45) is 11.8 Å². The second-order valence-corrected chi connectivity index (χ2v) is 8.29. The second kappa shape index (κ2) is 7.32. The number of hydrogen-bond donors (Lipinski definition) is 1. The summed E-state index contributed by atoms with van der Waals surface area (Å²) in [6, 6.07) is 0.138. The molecule has 2 fully saturated rings. The van der Waals surface area contributed by atoms with Crippen LogP contribution in [-0.2, 0) is 0 Å². The van der Waals surface area contributed by atoms with Crippen LogP contribution in [-0.4, -0.2) is 58.9 Å². The van der Waals surface area contributed by atoms with E-state index in [0.717, 1.165) is 30.3 Å². The Hall–Kier alpha value is -1.63. The lowest BCUT2D eigenvalue weighted by atomic mass is 9.98. The molecule has 0 aromatic carbocycles. The molecule has 1 N–H and O–H groups in total. The highest BCUT2D eigenvalue weighted by molar-refractivity contribution is 7.13. The Morgan fingerprint density at radius 1 is 1.24 bits per heavy atom. The maximum Gasteiger partial charge on any atom is 0.320 e. The summed E-state index contributed by atoms with van der Waals surface area (Å²) >= 11 is 1.44. The van der Waals surface area contributed by atoms with E-state index in [0.29, 0.717) is 23.3 Å². The van der Waals surface area contributed by atoms with Gasteiger partial charge < -0.3 is 15.1 Å². The molecule has 0 spiro atoms. The Morgan fingerprint density at radius 3 is 2.44 bits per heavy atom. The van der Waals surface area contributed by atoms with Gasteiger partial charge in [-0.25, -0.2) is 9.78 Å². The first-order valence-corrected chi connectivity index (χ1v) is 10.0. The molecule has 3 rings (SSSR count). The fourth-order valence-corrected chi connectivity index (χ4v) is 4.63. The summed E-state index contributed by atoms with van der Waals surface area (Å²) in [6.07, 6.45) is 2.42. The van der Waals surface area contributed by atoms with Gasteiger partial charge in [-0.2, -0.15) is 0 Å². The third-order valence-corrected chi connectivity index (χ3v) is 6.39. The number of amides is 3. The van der Waals surface area contributed by atoms with Gasteiger partial charge in [0, 0.05) is 32.1 Å². The summed E-state index contributed by atoms with van der Waals surface area (Å²) in [7, 11) is 0. The van der Waals surface area contributed by atoms with Crippen LogP contribution < -0.4 is 5.32 Å². The van der Waals surface area contributed by atoms with Crippen molar-refractivity contribution in [2.75, 3.05) is 26.2 Å². The van der Waals surface area contributed by atoms with E-state index in [9.17, 15) is 9.59 Å². The Bertz CT molecular complexity index is 652. The lowest BCUT2D eigenvalue weighted by molar-refractivity contribution is 0.0930. The molecule has 25 heavy (non-hydrogen) atoms. The van der Waals surface area contributed by atoms with E-state index < -0.39 is 0 Å². The average Bonchev–Trinajstić information content (AvgIpc) is 3.25. The summed E-state index contributed by atoms with van der Waals surface area (Å²) in [5.41, 5.74) is 0.789. The zero-order valence-corrected chi connectivity index (χ0v) is 16.4. The molecule has 2 aliphatic rings. The van der Waals surface area contributed by atoms with Crippen LogP contribution in [0.1, 0.15) is 47.1 Å². The van der Waals surface area contributed by atoms with Crippen molar-refractivity contribution < 1.29 is 9.59 Å². The number of hydrogen-bond acceptors (Lipinski definition) is 4. The minimum absolute atomic E-state index is 0.0429. The van der Waals surface area contributed by atoms with E-state index in [1.54, 1.807) is 0 Å². The van der Waals surface area contributed by atoms with Crippen molar-refractivity contribution in [1.29, 1.82) is 0 Å². The van der Waals surface area contributed by atoms with Gasteiger partial charge in [0.1, 0.15) is 4.88 Å². The minimum Gasteiger partial charge on any atom is -0.346 e. The third-order valence-electron chi connectivity index (χ3n) is 5.32. The number of aromatic nitrogens is 1. The molecule has 1 saturated heterocycles. The Balaban J connectivity index is 1.70. The summed E-state index contributed by atoms with van der Waals surface area (Å²) < 4.78 is 0. The molecule has 0 radical (unpaired) electrons. The summed E-state index contributed by atoms with van der Waals surface area (Å²) in [6.45, 7) is 10.6. The number of aryl methyl sites for hydroxylation is 2. The summed E-state index contributed by atoms with van der Waals surface area (Å²) in [4.78, 5) is 34.2. The predicted molar refractivity (Wildman–Crippen MR) is 98.9 cm³/mol. The van der Waals surface area contributed by atoms with Crippen LogP contribution in [0.2, 0.25) is 0 Å². The molecule has 1 aromatic heterocycles. The largest absolute Gasteiger partial charge is 0.346 e. The first-order chi connectivity index (χ1) is 11.9. The molecule has 1 saturated carbocycles. The van der Waals surface area contributed by atoms with Gasteiger partial charge in [-0.05, 0) is 46.5 Å². The van der Waals surface area contributed by atoms with E-state index in [1.165, 1.54) is 24.2 Å². The highest BCUT2D eigenvalue weighted by Crippen LogP contribution is 2.41. The molecule has 1 aliphatic heterocycles. The van der Waals surface area contributed by atoms with Gasteiger partial charge >= 0.3 is 6.03 Å². The molecule has 2 heterocycles. The van der Waals surface area contributed by atoms with E-state index in [2.05, 4.69) is 10.3 Å². The molecule has 6 nitrogen and oxygen atoms in total. The normalized spacial score (nSPS) is 23.0. The maximum atomic E-state index is 12.7. The van der Waals surface area contributed by atoms with E-state index in [4.69, 9.17) is 0 Å². The van der Waals surface area contributed by atoms with Crippen LogP contribution >= 0.6 is 11.3 Å². The quantitative estimate of drug-likeness (QED) is 0.873. The summed E-state index contributed by atoms with van der Waals surface area (Å²) in [5, 5.41) is 4.11. The highest BCUT2D eigenvalue weighted by atomic mass is 32.1. The van der Waals surface area contributed by atoms with Crippen LogP contribution in [0.3, 0.4) is 0 Å². The number of carbonyl (C=O) groups is 2. The maximum absolute atomic E-state index is 12.7. The van der Waals surface area contributed by atoms with Gasteiger partial charge in [0.25, 0.3) is 5.91 Å². The monoisotopic (exact) mass is 364 g/mol. The third kappa shape index (κ3) is 3.81. The second-order valence-electron chi connectivity index (χ2n) is 7.09. The van der Waals surface area contributed by atoms with Crippen LogP contribution in [0.25, 0.3) is 0 Å². The molecule has 1 aromatic rings. The molecular formula is C18H28N4O2S. The molecule has 1 aliphatic carbocycles. The van der Waals surface area contributed by atoms with E-state index in [-0.39, 0.29) is 18.0 Å². The van der Waals surface area contributed by atoms with Crippen LogP contribution in [0.15, 0.2) is 0 Å². The SMILES string of the molecule is CCN(CC)C(=O)N1CC(NC(=O)c2sc(C)nc2C)C(C2CC2)C1. The van der Waals surface area contributed by atoms with Gasteiger partial charge in [0.05, 0.1) is 16.7 Å². The molecular weight excluding hydrogens is 336 g/mol. The molecule has 2 atom stereocenters. The standard InChI is InChI=1S/C18H28N4O2S/c1-5-21(6-2)18(24)22-9-14(13-7-8-13)15(10-22)20-17(23)16-11(3)19-12(4)25-16/h13-15H,5-10H2,1-4H3,(H,20,23). The molecule has 2 unspecified atom stereocenters. The smallest absolute Gasteiger partial charge is 0.320 e. The summed E-state index contributed by atoms with van der Waals surface area (Å²) in [5.74, 6) is 0.970. The van der Waals surface area contributed by atoms with Gasteiger partial charge in [0.2, 0.25) is 0 Å². The average molecular weight is 365 g/mol. The van der Waals surface area contributed by atoms with Crippen LogP contribution in [0, 0.1) is 25.7 Å². The number of carbonyl (C=O) groups excluding carboxylic acids is 2. The van der Waals surface area contributed by atoms with Gasteiger partial charge in [-0.3, -0.25) is 4.79 Å². The topological polar surface area (TPSA) is 65.5 Å². The van der Waals surface area contributed by atoms with Gasteiger partial charge in [-0.15, -0.1) is 11.3 Å². The molecule has 3 amide bonds. The van der Waals surface area contributed by atoms with Gasteiger partial charge in [-0.1, -0.05) is 0 Å². The fourth-order valence-electron chi connectivity index (χ4n) is 3.81. The Morgan fingerprint density at radius 2 is 1.92 bits per heavy atom. The minimum atomic E-state index is -0.0455. The van der Waals surface area contributed by atoms with E-state index in [1.807, 2.05) is 37.5 Å². The number of rotatable bonds is 5. The predicted octanol–water partition coefficient (Wildman–Crippen LogP) is 2.66. The lowest BCUT2D eigenvalue weighted by Gasteiger charge is -2.26. The molecule has 0 bridgehead atoms. The molecule has 138 valence electrons. The zero-order valence-electron chi connectivity index (χ0n) is 15.5. The molecule has 7 heteroatoms. The van der Waals surface area contributed by atoms with E-state index >= 15 is 0 Å². The first kappa shape index (κ1) is 18.2. The van der Waals surface area contributed by atoms with Crippen molar-refractivity contribution in [3.05, 3.63) is 15.6 Å². The number of urea groups is 1. The number of nitrogens with zero attached hydrogens (tertiary/aromatic N) is 3. The Kier molecular flexibility index (Phi) is 5.32.